The number of hydrogen-bond donors (Lipinski definition) is 3. The monoisotopic (exact) mass is 288 g/mol. The fourth-order valence-electron chi connectivity index (χ4n) is 2.18. The van der Waals surface area contributed by atoms with Crippen LogP contribution < -0.4 is 5.32 Å². The standard InChI is InChI=1S/C13H24N2O5/c1-9(2)11(12(17)18)14-13(19)15-5-3-10(4-6-15)20-8-7-16/h9-11,16H,3-8H2,1-2H3,(H,14,19)(H,17,18)/t11-/m0/s1. The fraction of sp³-hybridized carbons (Fsp3) is 0.846. The number of aliphatic carboxylic acids is 1. The maximum atomic E-state index is 12.0. The minimum absolute atomic E-state index is 0.00458. The highest BCUT2D eigenvalue weighted by Crippen LogP contribution is 2.14. The Kier molecular flexibility index (Phi) is 6.74. The number of urea groups is 1. The number of rotatable bonds is 6. The number of piperidine rings is 1. The van der Waals surface area contributed by atoms with Crippen LogP contribution in [0.3, 0.4) is 0 Å². The van der Waals surface area contributed by atoms with Crippen molar-refractivity contribution in [3.8, 4) is 0 Å². The average molecular weight is 288 g/mol. The van der Waals surface area contributed by atoms with Crippen LogP contribution in [0.4, 0.5) is 4.79 Å². The van der Waals surface area contributed by atoms with Crippen LogP contribution in [0.5, 0.6) is 0 Å². The Balaban J connectivity index is 2.40. The summed E-state index contributed by atoms with van der Waals surface area (Å²) in [5, 5.41) is 20.3. The predicted octanol–water partition coefficient (Wildman–Crippen LogP) is 0.279. The molecule has 0 aromatic carbocycles. The van der Waals surface area contributed by atoms with Crippen LogP contribution in [0.1, 0.15) is 26.7 Å². The van der Waals surface area contributed by atoms with Crippen LogP contribution in [0, 0.1) is 5.92 Å². The number of likely N-dealkylation sites (tertiary alicyclic amines) is 1. The maximum absolute atomic E-state index is 12.0. The number of carboxylic acid groups (broad SMARTS) is 1. The molecule has 1 aliphatic rings. The van der Waals surface area contributed by atoms with E-state index in [4.69, 9.17) is 14.9 Å². The molecule has 1 rings (SSSR count). The van der Waals surface area contributed by atoms with E-state index in [2.05, 4.69) is 5.32 Å². The maximum Gasteiger partial charge on any atom is 0.326 e. The van der Waals surface area contributed by atoms with Crippen molar-refractivity contribution in [2.24, 2.45) is 5.92 Å². The van der Waals surface area contributed by atoms with Crippen molar-refractivity contribution in [1.29, 1.82) is 0 Å². The highest BCUT2D eigenvalue weighted by molar-refractivity contribution is 5.82. The zero-order chi connectivity index (χ0) is 15.1. The molecular formula is C13H24N2O5. The number of nitrogens with one attached hydrogen (secondary N) is 1. The third kappa shape index (κ3) is 4.97. The van der Waals surface area contributed by atoms with Crippen LogP contribution in [-0.2, 0) is 9.53 Å². The van der Waals surface area contributed by atoms with Crippen LogP contribution in [0.25, 0.3) is 0 Å². The highest BCUT2D eigenvalue weighted by atomic mass is 16.5. The summed E-state index contributed by atoms with van der Waals surface area (Å²) in [6, 6.07) is -1.21. The first-order chi connectivity index (χ1) is 9.45. The summed E-state index contributed by atoms with van der Waals surface area (Å²) in [4.78, 5) is 24.7. The SMILES string of the molecule is CC(C)[C@H](NC(=O)N1CCC(OCCO)CC1)C(=O)O. The van der Waals surface area contributed by atoms with E-state index in [1.54, 1.807) is 18.7 Å². The molecule has 1 saturated heterocycles. The first-order valence-corrected chi connectivity index (χ1v) is 6.96. The van der Waals surface area contributed by atoms with Gasteiger partial charge in [0.25, 0.3) is 0 Å². The van der Waals surface area contributed by atoms with Crippen molar-refractivity contribution >= 4 is 12.0 Å². The summed E-state index contributed by atoms with van der Waals surface area (Å²) in [5.41, 5.74) is 0. The number of hydrogen-bond acceptors (Lipinski definition) is 4. The molecule has 116 valence electrons. The minimum atomic E-state index is -1.02. The third-order valence-corrected chi connectivity index (χ3v) is 3.39. The smallest absolute Gasteiger partial charge is 0.326 e. The van der Waals surface area contributed by atoms with Crippen molar-refractivity contribution in [2.45, 2.75) is 38.8 Å². The molecule has 1 heterocycles. The van der Waals surface area contributed by atoms with Gasteiger partial charge in [0.15, 0.2) is 0 Å². The van der Waals surface area contributed by atoms with E-state index in [1.807, 2.05) is 0 Å². The molecule has 7 heteroatoms. The second kappa shape index (κ2) is 8.06. The number of carboxylic acids is 1. The normalized spacial score (nSPS) is 18.1. The summed E-state index contributed by atoms with van der Waals surface area (Å²) in [6.45, 7) is 4.89. The van der Waals surface area contributed by atoms with Gasteiger partial charge in [-0.05, 0) is 18.8 Å². The van der Waals surface area contributed by atoms with E-state index in [-0.39, 0.29) is 24.7 Å². The number of carbonyl (C=O) groups is 2. The lowest BCUT2D eigenvalue weighted by Gasteiger charge is -2.33. The molecule has 0 spiro atoms. The van der Waals surface area contributed by atoms with Crippen LogP contribution in [-0.4, -0.2) is 65.6 Å². The van der Waals surface area contributed by atoms with Crippen molar-refractivity contribution in [3.63, 3.8) is 0 Å². The molecule has 0 bridgehead atoms. The van der Waals surface area contributed by atoms with Crippen molar-refractivity contribution in [1.82, 2.24) is 10.2 Å². The molecular weight excluding hydrogens is 264 g/mol. The van der Waals surface area contributed by atoms with Gasteiger partial charge in [-0.1, -0.05) is 13.8 Å². The largest absolute Gasteiger partial charge is 0.480 e. The Morgan fingerprint density at radius 1 is 1.35 bits per heavy atom. The molecule has 1 aliphatic heterocycles. The van der Waals surface area contributed by atoms with E-state index < -0.39 is 12.0 Å². The van der Waals surface area contributed by atoms with Crippen molar-refractivity contribution < 1.29 is 24.5 Å². The Morgan fingerprint density at radius 2 is 1.95 bits per heavy atom. The van der Waals surface area contributed by atoms with E-state index in [0.717, 1.165) is 0 Å². The average Bonchev–Trinajstić information content (AvgIpc) is 2.42. The van der Waals surface area contributed by atoms with Gasteiger partial charge in [-0.3, -0.25) is 0 Å². The summed E-state index contributed by atoms with van der Waals surface area (Å²) >= 11 is 0. The molecule has 20 heavy (non-hydrogen) atoms. The van der Waals surface area contributed by atoms with Gasteiger partial charge in [0.05, 0.1) is 19.3 Å². The molecule has 0 saturated carbocycles. The third-order valence-electron chi connectivity index (χ3n) is 3.39. The van der Waals surface area contributed by atoms with Gasteiger partial charge in [-0.2, -0.15) is 0 Å². The first kappa shape index (κ1) is 16.7. The van der Waals surface area contributed by atoms with Crippen LogP contribution in [0.2, 0.25) is 0 Å². The van der Waals surface area contributed by atoms with Gasteiger partial charge in [0.1, 0.15) is 6.04 Å². The zero-order valence-electron chi connectivity index (χ0n) is 12.0. The Hall–Kier alpha value is -1.34. The minimum Gasteiger partial charge on any atom is -0.480 e. The van der Waals surface area contributed by atoms with Crippen molar-refractivity contribution in [3.05, 3.63) is 0 Å². The zero-order valence-corrected chi connectivity index (χ0v) is 12.0. The Morgan fingerprint density at radius 3 is 2.40 bits per heavy atom. The lowest BCUT2D eigenvalue weighted by molar-refractivity contribution is -0.140. The second-order valence-electron chi connectivity index (χ2n) is 5.29. The molecule has 7 nitrogen and oxygen atoms in total. The summed E-state index contributed by atoms with van der Waals surface area (Å²) in [6.07, 6.45) is 1.46. The van der Waals surface area contributed by atoms with E-state index in [0.29, 0.717) is 32.5 Å². The molecule has 0 unspecified atom stereocenters. The topological polar surface area (TPSA) is 99.1 Å². The number of nitrogens with zero attached hydrogens (tertiary/aromatic N) is 1. The highest BCUT2D eigenvalue weighted by Gasteiger charge is 2.28. The van der Waals surface area contributed by atoms with E-state index >= 15 is 0 Å². The molecule has 3 N–H and O–H groups in total. The second-order valence-corrected chi connectivity index (χ2v) is 5.29. The Bertz CT molecular complexity index is 327. The molecule has 1 atom stereocenters. The lowest BCUT2D eigenvalue weighted by Crippen LogP contribution is -2.52. The molecule has 2 amide bonds. The molecule has 0 aromatic rings. The van der Waals surface area contributed by atoms with Gasteiger partial charge in [0, 0.05) is 13.1 Å². The van der Waals surface area contributed by atoms with Crippen molar-refractivity contribution in [2.75, 3.05) is 26.3 Å². The van der Waals surface area contributed by atoms with Gasteiger partial charge >= 0.3 is 12.0 Å². The number of amides is 2. The van der Waals surface area contributed by atoms with Gasteiger partial charge in [-0.15, -0.1) is 0 Å². The summed E-state index contributed by atoms with van der Waals surface area (Å²) in [7, 11) is 0. The van der Waals surface area contributed by atoms with Gasteiger partial charge < -0.3 is 25.2 Å². The van der Waals surface area contributed by atoms with Gasteiger partial charge in [-0.25, -0.2) is 9.59 Å². The fourth-order valence-corrected chi connectivity index (χ4v) is 2.18. The first-order valence-electron chi connectivity index (χ1n) is 6.96. The lowest BCUT2D eigenvalue weighted by atomic mass is 10.0. The number of aliphatic hydroxyl groups excluding tert-OH is 1. The predicted molar refractivity (Wildman–Crippen MR) is 72.4 cm³/mol. The summed E-state index contributed by atoms with van der Waals surface area (Å²) < 4.78 is 5.42. The number of ether oxygens (including phenoxy) is 1. The molecule has 0 aromatic heterocycles. The van der Waals surface area contributed by atoms with E-state index in [1.165, 1.54) is 0 Å². The Labute approximate surface area is 118 Å². The number of aliphatic hydroxyl groups is 1. The summed E-state index contributed by atoms with van der Waals surface area (Å²) in [5.74, 6) is -1.18. The number of carbonyl (C=O) groups excluding carboxylic acids is 1. The molecule has 0 aliphatic carbocycles. The molecule has 0 radical (unpaired) electrons. The van der Waals surface area contributed by atoms with Crippen LogP contribution in [0.15, 0.2) is 0 Å². The van der Waals surface area contributed by atoms with Crippen LogP contribution >= 0.6 is 0 Å². The molecule has 1 fully saturated rings. The quantitative estimate of drug-likeness (QED) is 0.652. The van der Waals surface area contributed by atoms with E-state index in [9.17, 15) is 9.59 Å². The van der Waals surface area contributed by atoms with Gasteiger partial charge in [0.2, 0.25) is 0 Å².